The lowest BCUT2D eigenvalue weighted by Crippen LogP contribution is -2.44. The van der Waals surface area contributed by atoms with E-state index in [1.165, 1.54) is 10.5 Å². The number of rotatable bonds is 13. The number of ether oxygens (including phenoxy) is 3. The van der Waals surface area contributed by atoms with Crippen LogP contribution >= 0.6 is 0 Å². The average Bonchev–Trinajstić information content (AvgIpc) is 3.58. The Bertz CT molecular complexity index is 1240. The molecule has 1 aliphatic rings. The minimum atomic E-state index is -0.332. The summed E-state index contributed by atoms with van der Waals surface area (Å²) in [6.07, 6.45) is 1.53. The summed E-state index contributed by atoms with van der Waals surface area (Å²) in [5.74, 6) is 2.58. The lowest BCUT2D eigenvalue weighted by Gasteiger charge is -2.27. The van der Waals surface area contributed by atoms with Crippen molar-refractivity contribution in [1.29, 1.82) is 0 Å². The Hall–Kier alpha value is -3.98. The molecule has 0 radical (unpaired) electrons. The summed E-state index contributed by atoms with van der Waals surface area (Å²) in [7, 11) is 0. The first-order valence-corrected chi connectivity index (χ1v) is 13.4. The number of aryl methyl sites for hydroxylation is 2. The van der Waals surface area contributed by atoms with Crippen molar-refractivity contribution >= 4 is 17.6 Å². The summed E-state index contributed by atoms with van der Waals surface area (Å²) in [5, 5.41) is 2.94. The molecule has 1 aromatic heterocycles. The van der Waals surface area contributed by atoms with E-state index < -0.39 is 0 Å². The van der Waals surface area contributed by atoms with Crippen LogP contribution in [0.4, 0.5) is 10.5 Å². The Morgan fingerprint density at radius 2 is 1.69 bits per heavy atom. The molecule has 1 aliphatic heterocycles. The highest BCUT2D eigenvalue weighted by molar-refractivity contribution is 5.92. The topological polar surface area (TPSA) is 93.5 Å². The van der Waals surface area contributed by atoms with Crippen molar-refractivity contribution in [1.82, 2.24) is 9.80 Å². The van der Waals surface area contributed by atoms with Crippen molar-refractivity contribution in [3.05, 3.63) is 77.2 Å². The SMILES string of the molecule is CCOCCCN(CC(=O)N(Cc1ccc2c(c1)OCO2)Cc1ccc(C)o1)C(=O)Nc1ccc(CC)cc1. The lowest BCUT2D eigenvalue weighted by atomic mass is 10.1. The number of amides is 3. The molecule has 0 spiro atoms. The molecule has 0 unspecified atom stereocenters. The molecule has 2 aromatic carbocycles. The molecule has 0 saturated heterocycles. The maximum absolute atomic E-state index is 13.7. The zero-order valence-electron chi connectivity index (χ0n) is 22.9. The number of fused-ring (bicyclic) bond motifs is 1. The van der Waals surface area contributed by atoms with E-state index in [0.717, 1.165) is 17.7 Å². The molecule has 9 nitrogen and oxygen atoms in total. The van der Waals surface area contributed by atoms with Gasteiger partial charge in [-0.25, -0.2) is 4.79 Å². The van der Waals surface area contributed by atoms with Gasteiger partial charge in [0.25, 0.3) is 0 Å². The van der Waals surface area contributed by atoms with Gasteiger partial charge in [0.05, 0.1) is 6.54 Å². The molecule has 3 aromatic rings. The Balaban J connectivity index is 1.49. The normalized spacial score (nSPS) is 11.9. The van der Waals surface area contributed by atoms with Crippen molar-refractivity contribution < 1.29 is 28.2 Å². The summed E-state index contributed by atoms with van der Waals surface area (Å²) in [5.41, 5.74) is 2.76. The van der Waals surface area contributed by atoms with Crippen LogP contribution in [0.1, 0.15) is 42.9 Å². The first kappa shape index (κ1) is 28.0. The summed E-state index contributed by atoms with van der Waals surface area (Å²) >= 11 is 0. The number of nitrogens with one attached hydrogen (secondary N) is 1. The van der Waals surface area contributed by atoms with E-state index in [1.807, 2.05) is 68.4 Å². The third-order valence-corrected chi connectivity index (χ3v) is 6.45. The van der Waals surface area contributed by atoms with Gasteiger partial charge in [0.1, 0.15) is 18.1 Å². The average molecular weight is 536 g/mol. The van der Waals surface area contributed by atoms with Gasteiger partial charge in [-0.1, -0.05) is 25.1 Å². The Kier molecular flexibility index (Phi) is 9.85. The largest absolute Gasteiger partial charge is 0.464 e. The van der Waals surface area contributed by atoms with Crippen LogP contribution in [0, 0.1) is 6.92 Å². The molecule has 1 N–H and O–H groups in total. The third-order valence-electron chi connectivity index (χ3n) is 6.45. The van der Waals surface area contributed by atoms with Crippen LogP contribution in [0.5, 0.6) is 11.5 Å². The fourth-order valence-corrected chi connectivity index (χ4v) is 4.29. The van der Waals surface area contributed by atoms with E-state index in [2.05, 4.69) is 12.2 Å². The Morgan fingerprint density at radius 3 is 2.41 bits per heavy atom. The summed E-state index contributed by atoms with van der Waals surface area (Å²) in [4.78, 5) is 30.2. The molecule has 2 heterocycles. The van der Waals surface area contributed by atoms with Gasteiger partial charge in [0, 0.05) is 32.0 Å². The maximum Gasteiger partial charge on any atom is 0.322 e. The molecule has 4 rings (SSSR count). The second kappa shape index (κ2) is 13.7. The van der Waals surface area contributed by atoms with Crippen molar-refractivity contribution in [2.45, 2.75) is 46.7 Å². The van der Waals surface area contributed by atoms with Gasteiger partial charge in [0.15, 0.2) is 11.5 Å². The number of carbonyl (C=O) groups is 2. The first-order chi connectivity index (χ1) is 18.9. The van der Waals surface area contributed by atoms with Gasteiger partial charge < -0.3 is 33.7 Å². The van der Waals surface area contributed by atoms with Crippen molar-refractivity contribution in [3.8, 4) is 11.5 Å². The molecule has 39 heavy (non-hydrogen) atoms. The number of anilines is 1. The smallest absolute Gasteiger partial charge is 0.322 e. The third kappa shape index (κ3) is 8.00. The predicted molar refractivity (Wildman–Crippen MR) is 148 cm³/mol. The lowest BCUT2D eigenvalue weighted by molar-refractivity contribution is -0.133. The van der Waals surface area contributed by atoms with E-state index in [4.69, 9.17) is 18.6 Å². The maximum atomic E-state index is 13.7. The van der Waals surface area contributed by atoms with Crippen LogP contribution in [0.25, 0.3) is 0 Å². The molecular formula is C30H37N3O6. The van der Waals surface area contributed by atoms with Crippen LogP contribution in [0.2, 0.25) is 0 Å². The monoisotopic (exact) mass is 535 g/mol. The van der Waals surface area contributed by atoms with Gasteiger partial charge in [0.2, 0.25) is 12.7 Å². The molecular weight excluding hydrogens is 498 g/mol. The first-order valence-electron chi connectivity index (χ1n) is 13.4. The standard InChI is InChI=1S/C30H37N3O6/c1-4-23-8-11-25(12-9-23)31-30(35)32(15-6-16-36-5-2)20-29(34)33(19-26-13-7-22(3)39-26)18-24-10-14-27-28(17-24)38-21-37-27/h7-14,17H,4-6,15-16,18-21H2,1-3H3,(H,31,35). The Labute approximate surface area is 229 Å². The van der Waals surface area contributed by atoms with Gasteiger partial charge in [-0.2, -0.15) is 0 Å². The van der Waals surface area contributed by atoms with E-state index in [0.29, 0.717) is 55.7 Å². The number of hydrogen-bond acceptors (Lipinski definition) is 6. The minimum Gasteiger partial charge on any atom is -0.464 e. The molecule has 9 heteroatoms. The second-order valence-corrected chi connectivity index (χ2v) is 9.40. The van der Waals surface area contributed by atoms with E-state index in [-0.39, 0.29) is 31.8 Å². The number of urea groups is 1. The number of nitrogens with zero attached hydrogens (tertiary/aromatic N) is 2. The van der Waals surface area contributed by atoms with Gasteiger partial charge >= 0.3 is 6.03 Å². The molecule has 0 fully saturated rings. The van der Waals surface area contributed by atoms with Gasteiger partial charge in [-0.3, -0.25) is 4.79 Å². The van der Waals surface area contributed by atoms with Crippen LogP contribution in [0.3, 0.4) is 0 Å². The van der Waals surface area contributed by atoms with Gasteiger partial charge in [-0.15, -0.1) is 0 Å². The van der Waals surface area contributed by atoms with Gasteiger partial charge in [-0.05, 0) is 74.2 Å². The van der Waals surface area contributed by atoms with E-state index in [9.17, 15) is 9.59 Å². The minimum absolute atomic E-state index is 0.0881. The molecule has 0 aliphatic carbocycles. The zero-order valence-corrected chi connectivity index (χ0v) is 22.9. The van der Waals surface area contributed by atoms with Crippen molar-refractivity contribution in [2.75, 3.05) is 38.4 Å². The predicted octanol–water partition coefficient (Wildman–Crippen LogP) is 5.37. The summed E-state index contributed by atoms with van der Waals surface area (Å²) < 4.78 is 22.2. The van der Waals surface area contributed by atoms with Crippen LogP contribution in [-0.4, -0.2) is 54.8 Å². The summed E-state index contributed by atoms with van der Waals surface area (Å²) in [6.45, 7) is 8.04. The molecule has 0 bridgehead atoms. The van der Waals surface area contributed by atoms with E-state index in [1.54, 1.807) is 4.90 Å². The Morgan fingerprint density at radius 1 is 0.923 bits per heavy atom. The quantitative estimate of drug-likeness (QED) is 0.296. The zero-order chi connectivity index (χ0) is 27.6. The number of carbonyl (C=O) groups excluding carboxylic acids is 2. The van der Waals surface area contributed by atoms with Crippen molar-refractivity contribution in [2.24, 2.45) is 0 Å². The highest BCUT2D eigenvalue weighted by Gasteiger charge is 2.24. The highest BCUT2D eigenvalue weighted by atomic mass is 16.7. The molecule has 0 atom stereocenters. The van der Waals surface area contributed by atoms with E-state index >= 15 is 0 Å². The molecule has 0 saturated carbocycles. The van der Waals surface area contributed by atoms with Crippen LogP contribution in [0.15, 0.2) is 59.0 Å². The fraction of sp³-hybridized carbons (Fsp3) is 0.400. The molecule has 3 amide bonds. The number of furan rings is 1. The van der Waals surface area contributed by atoms with Crippen LogP contribution < -0.4 is 14.8 Å². The van der Waals surface area contributed by atoms with Crippen LogP contribution in [-0.2, 0) is 29.0 Å². The fourth-order valence-electron chi connectivity index (χ4n) is 4.29. The highest BCUT2D eigenvalue weighted by Crippen LogP contribution is 2.33. The second-order valence-electron chi connectivity index (χ2n) is 9.40. The van der Waals surface area contributed by atoms with Crippen molar-refractivity contribution in [3.63, 3.8) is 0 Å². The summed E-state index contributed by atoms with van der Waals surface area (Å²) in [6, 6.07) is 16.8. The molecule has 208 valence electrons. The number of hydrogen-bond donors (Lipinski definition) is 1. The number of benzene rings is 2.